The van der Waals surface area contributed by atoms with Gasteiger partial charge in [0.2, 0.25) is 0 Å². The standard InChI is InChI=1S/C24H36FN/c1-8-9-18(4)12-21(7)19(5)10-11-20(6)22-13-23(25)15-24(14-22)26-16-17(2)3/h10-11,13-15,17-18,26H,6,8-9,12,16H2,1-5,7H3/b11-10-,21-19+. The number of rotatable bonds is 10. The van der Waals surface area contributed by atoms with E-state index in [1.165, 1.54) is 30.1 Å². The van der Waals surface area contributed by atoms with Gasteiger partial charge in [0, 0.05) is 12.2 Å². The predicted molar refractivity (Wildman–Crippen MR) is 115 cm³/mol. The van der Waals surface area contributed by atoms with Gasteiger partial charge in [0.15, 0.2) is 0 Å². The van der Waals surface area contributed by atoms with Gasteiger partial charge in [0.25, 0.3) is 0 Å². The van der Waals surface area contributed by atoms with Crippen LogP contribution in [-0.4, -0.2) is 6.54 Å². The van der Waals surface area contributed by atoms with E-state index in [1.807, 2.05) is 12.1 Å². The van der Waals surface area contributed by atoms with Crippen molar-refractivity contribution in [1.29, 1.82) is 0 Å². The van der Waals surface area contributed by atoms with Crippen molar-refractivity contribution in [2.75, 3.05) is 11.9 Å². The van der Waals surface area contributed by atoms with Gasteiger partial charge in [-0.25, -0.2) is 4.39 Å². The summed E-state index contributed by atoms with van der Waals surface area (Å²) in [5, 5.41) is 3.28. The summed E-state index contributed by atoms with van der Waals surface area (Å²) in [6, 6.07) is 5.04. The summed E-state index contributed by atoms with van der Waals surface area (Å²) in [7, 11) is 0. The van der Waals surface area contributed by atoms with Crippen molar-refractivity contribution in [3.63, 3.8) is 0 Å². The van der Waals surface area contributed by atoms with E-state index < -0.39 is 0 Å². The van der Waals surface area contributed by atoms with E-state index >= 15 is 0 Å². The predicted octanol–water partition coefficient (Wildman–Crippen LogP) is 7.63. The Bertz CT molecular complexity index is 652. The Hall–Kier alpha value is -1.83. The molecule has 144 valence electrons. The third kappa shape index (κ3) is 8.03. The fraction of sp³-hybridized carbons (Fsp3) is 0.500. The van der Waals surface area contributed by atoms with Crippen molar-refractivity contribution in [1.82, 2.24) is 0 Å². The lowest BCUT2D eigenvalue weighted by atomic mass is 9.94. The van der Waals surface area contributed by atoms with Gasteiger partial charge >= 0.3 is 0 Å². The van der Waals surface area contributed by atoms with Gasteiger partial charge in [0.1, 0.15) is 5.82 Å². The molecular formula is C24H36FN. The van der Waals surface area contributed by atoms with Crippen LogP contribution in [0, 0.1) is 17.7 Å². The summed E-state index contributed by atoms with van der Waals surface area (Å²) in [5.74, 6) is 0.986. The van der Waals surface area contributed by atoms with Crippen molar-refractivity contribution in [3.05, 3.63) is 59.5 Å². The Morgan fingerprint density at radius 2 is 1.85 bits per heavy atom. The normalized spacial score (nSPS) is 13.8. The number of hydrogen-bond acceptors (Lipinski definition) is 1. The van der Waals surface area contributed by atoms with Crippen molar-refractivity contribution in [2.24, 2.45) is 11.8 Å². The molecular weight excluding hydrogens is 321 g/mol. The Balaban J connectivity index is 2.84. The average molecular weight is 358 g/mol. The zero-order valence-corrected chi connectivity index (χ0v) is 17.5. The van der Waals surface area contributed by atoms with Gasteiger partial charge in [-0.1, -0.05) is 70.4 Å². The van der Waals surface area contributed by atoms with Crippen molar-refractivity contribution >= 4 is 11.3 Å². The lowest BCUT2D eigenvalue weighted by Gasteiger charge is -2.12. The molecule has 0 aliphatic carbocycles. The van der Waals surface area contributed by atoms with Crippen LogP contribution in [0.2, 0.25) is 0 Å². The maximum Gasteiger partial charge on any atom is 0.125 e. The minimum Gasteiger partial charge on any atom is -0.385 e. The van der Waals surface area contributed by atoms with Crippen LogP contribution < -0.4 is 5.32 Å². The molecule has 0 aliphatic heterocycles. The van der Waals surface area contributed by atoms with Crippen molar-refractivity contribution < 1.29 is 4.39 Å². The molecule has 1 nitrogen and oxygen atoms in total. The van der Waals surface area contributed by atoms with Gasteiger partial charge in [-0.15, -0.1) is 0 Å². The molecule has 0 fully saturated rings. The van der Waals surface area contributed by atoms with E-state index in [9.17, 15) is 4.39 Å². The Morgan fingerprint density at radius 3 is 2.46 bits per heavy atom. The van der Waals surface area contributed by atoms with Gasteiger partial charge in [-0.05, 0) is 61.4 Å². The Labute approximate surface area is 160 Å². The minimum absolute atomic E-state index is 0.236. The summed E-state index contributed by atoms with van der Waals surface area (Å²) < 4.78 is 13.9. The summed E-state index contributed by atoms with van der Waals surface area (Å²) in [4.78, 5) is 0. The third-order valence-corrected chi connectivity index (χ3v) is 4.63. The lowest BCUT2D eigenvalue weighted by Crippen LogP contribution is -2.08. The van der Waals surface area contributed by atoms with Crippen LogP contribution in [-0.2, 0) is 0 Å². The minimum atomic E-state index is -0.236. The zero-order chi connectivity index (χ0) is 19.7. The van der Waals surface area contributed by atoms with E-state index in [0.29, 0.717) is 11.8 Å². The fourth-order valence-corrected chi connectivity index (χ4v) is 2.94. The summed E-state index contributed by atoms with van der Waals surface area (Å²) in [5.41, 5.74) is 5.13. The monoisotopic (exact) mass is 357 g/mol. The molecule has 1 aromatic carbocycles. The summed E-state index contributed by atoms with van der Waals surface area (Å²) in [6.45, 7) is 18.1. The molecule has 0 bridgehead atoms. The maximum absolute atomic E-state index is 13.9. The molecule has 0 heterocycles. The number of benzene rings is 1. The van der Waals surface area contributed by atoms with Gasteiger partial charge in [0.05, 0.1) is 0 Å². The molecule has 0 aliphatic rings. The Kier molecular flexibility index (Phi) is 9.40. The van der Waals surface area contributed by atoms with Crippen LogP contribution in [0.3, 0.4) is 0 Å². The first kappa shape index (κ1) is 22.2. The molecule has 1 unspecified atom stereocenters. The quantitative estimate of drug-likeness (QED) is 0.424. The molecule has 1 rings (SSSR count). The molecule has 0 saturated carbocycles. The molecule has 0 aromatic heterocycles. The van der Waals surface area contributed by atoms with Crippen LogP contribution in [0.1, 0.15) is 66.4 Å². The number of anilines is 1. The number of hydrogen-bond donors (Lipinski definition) is 1. The van der Waals surface area contributed by atoms with Crippen LogP contribution in [0.15, 0.2) is 48.1 Å². The SMILES string of the molecule is C=C(/C=C\C(C)=C(/C)CC(C)CCC)c1cc(F)cc(NCC(C)C)c1. The molecule has 0 radical (unpaired) electrons. The van der Waals surface area contributed by atoms with Crippen LogP contribution >= 0.6 is 0 Å². The second kappa shape index (κ2) is 11.0. The van der Waals surface area contributed by atoms with E-state index in [-0.39, 0.29) is 5.82 Å². The first-order valence-electron chi connectivity index (χ1n) is 9.81. The second-order valence-electron chi connectivity index (χ2n) is 7.92. The van der Waals surface area contributed by atoms with Crippen LogP contribution in [0.4, 0.5) is 10.1 Å². The molecule has 1 N–H and O–H groups in total. The molecule has 0 amide bonds. The van der Waals surface area contributed by atoms with E-state index in [2.05, 4.69) is 59.5 Å². The highest BCUT2D eigenvalue weighted by Gasteiger charge is 2.05. The van der Waals surface area contributed by atoms with Gasteiger partial charge < -0.3 is 5.32 Å². The van der Waals surface area contributed by atoms with Gasteiger partial charge in [-0.2, -0.15) is 0 Å². The number of nitrogens with one attached hydrogen (secondary N) is 1. The van der Waals surface area contributed by atoms with Crippen LogP contribution in [0.5, 0.6) is 0 Å². The zero-order valence-electron chi connectivity index (χ0n) is 17.5. The molecule has 1 aromatic rings. The first-order chi connectivity index (χ1) is 12.2. The lowest BCUT2D eigenvalue weighted by molar-refractivity contribution is 0.519. The van der Waals surface area contributed by atoms with E-state index in [0.717, 1.165) is 29.8 Å². The van der Waals surface area contributed by atoms with Crippen molar-refractivity contribution in [3.8, 4) is 0 Å². The van der Waals surface area contributed by atoms with E-state index in [1.54, 1.807) is 6.07 Å². The smallest absolute Gasteiger partial charge is 0.125 e. The highest BCUT2D eigenvalue weighted by molar-refractivity contribution is 5.74. The molecule has 1 atom stereocenters. The maximum atomic E-state index is 13.9. The molecule has 0 saturated heterocycles. The summed E-state index contributed by atoms with van der Waals surface area (Å²) >= 11 is 0. The first-order valence-corrected chi connectivity index (χ1v) is 9.81. The third-order valence-electron chi connectivity index (χ3n) is 4.63. The second-order valence-corrected chi connectivity index (χ2v) is 7.92. The fourth-order valence-electron chi connectivity index (χ4n) is 2.94. The largest absolute Gasteiger partial charge is 0.385 e. The highest BCUT2D eigenvalue weighted by Crippen LogP contribution is 2.23. The molecule has 26 heavy (non-hydrogen) atoms. The Morgan fingerprint density at radius 1 is 1.15 bits per heavy atom. The van der Waals surface area contributed by atoms with Gasteiger partial charge in [-0.3, -0.25) is 0 Å². The topological polar surface area (TPSA) is 12.0 Å². The number of allylic oxidation sites excluding steroid dienone is 5. The molecule has 2 heteroatoms. The van der Waals surface area contributed by atoms with Crippen LogP contribution in [0.25, 0.3) is 5.57 Å². The molecule has 0 spiro atoms. The number of halogens is 1. The van der Waals surface area contributed by atoms with E-state index in [4.69, 9.17) is 0 Å². The van der Waals surface area contributed by atoms with Crippen molar-refractivity contribution in [2.45, 2.75) is 60.8 Å². The highest BCUT2D eigenvalue weighted by atomic mass is 19.1. The average Bonchev–Trinajstić information content (AvgIpc) is 2.57. The summed E-state index contributed by atoms with van der Waals surface area (Å²) in [6.07, 6.45) is 7.70.